The Morgan fingerprint density at radius 2 is 2.11 bits per heavy atom. The summed E-state index contributed by atoms with van der Waals surface area (Å²) < 4.78 is 0. The van der Waals surface area contributed by atoms with Crippen LogP contribution in [0.5, 0.6) is 0 Å². The minimum atomic E-state index is 0.509. The van der Waals surface area contributed by atoms with E-state index in [-0.39, 0.29) is 0 Å². The summed E-state index contributed by atoms with van der Waals surface area (Å²) in [6.45, 7) is 0.768. The minimum absolute atomic E-state index is 0.509. The van der Waals surface area contributed by atoms with Crippen LogP contribution in [0.1, 0.15) is 5.56 Å². The number of aromatic nitrogens is 2. The predicted octanol–water partition coefficient (Wildman–Crippen LogP) is 3.83. The lowest BCUT2D eigenvalue weighted by Gasteiger charge is -2.06. The van der Waals surface area contributed by atoms with Crippen molar-refractivity contribution in [2.45, 2.75) is 6.54 Å². The van der Waals surface area contributed by atoms with Crippen molar-refractivity contribution in [1.29, 1.82) is 0 Å². The molecule has 0 aliphatic heterocycles. The van der Waals surface area contributed by atoms with Crippen molar-refractivity contribution in [3.63, 3.8) is 0 Å². The number of hydrogen-bond acceptors (Lipinski definition) is 2. The fourth-order valence-electron chi connectivity index (χ4n) is 1.90. The summed E-state index contributed by atoms with van der Waals surface area (Å²) >= 11 is 5.74. The van der Waals surface area contributed by atoms with Crippen molar-refractivity contribution >= 4 is 28.2 Å². The number of rotatable bonds is 3. The molecule has 3 nitrogen and oxygen atoms in total. The third kappa shape index (κ3) is 2.31. The number of benzene rings is 1. The van der Waals surface area contributed by atoms with Crippen LogP contribution >= 0.6 is 11.6 Å². The van der Waals surface area contributed by atoms with Crippen LogP contribution in [0.3, 0.4) is 0 Å². The fourth-order valence-corrected chi connectivity index (χ4v) is 2.01. The van der Waals surface area contributed by atoms with Gasteiger partial charge in [0.1, 0.15) is 5.15 Å². The molecule has 0 atom stereocenters. The van der Waals surface area contributed by atoms with Gasteiger partial charge in [0.25, 0.3) is 0 Å². The quantitative estimate of drug-likeness (QED) is 0.700. The first-order valence-electron chi connectivity index (χ1n) is 5.73. The molecule has 3 rings (SSSR count). The highest BCUT2D eigenvalue weighted by Gasteiger charge is 1.98. The average molecular weight is 258 g/mol. The number of aromatic amines is 1. The van der Waals surface area contributed by atoms with E-state index >= 15 is 0 Å². The first kappa shape index (κ1) is 11.1. The molecule has 0 aliphatic rings. The van der Waals surface area contributed by atoms with Gasteiger partial charge in [-0.05, 0) is 41.3 Å². The van der Waals surface area contributed by atoms with Gasteiger partial charge in [0.2, 0.25) is 0 Å². The topological polar surface area (TPSA) is 40.7 Å². The number of nitrogens with one attached hydrogen (secondary N) is 2. The molecule has 3 aromatic rings. The monoisotopic (exact) mass is 257 g/mol. The second-order valence-corrected chi connectivity index (χ2v) is 4.51. The SMILES string of the molecule is Clc1ccc(NCc2ccc3[nH]ccc3c2)cn1. The Bertz CT molecular complexity index is 658. The Morgan fingerprint density at radius 3 is 2.94 bits per heavy atom. The van der Waals surface area contributed by atoms with E-state index in [2.05, 4.69) is 39.6 Å². The Labute approximate surface area is 110 Å². The van der Waals surface area contributed by atoms with Crippen LogP contribution in [0, 0.1) is 0 Å². The highest BCUT2D eigenvalue weighted by atomic mass is 35.5. The van der Waals surface area contributed by atoms with Crippen LogP contribution in [0.15, 0.2) is 48.8 Å². The summed E-state index contributed by atoms with van der Waals surface area (Å²) in [4.78, 5) is 7.21. The molecule has 18 heavy (non-hydrogen) atoms. The van der Waals surface area contributed by atoms with E-state index in [9.17, 15) is 0 Å². The molecule has 0 spiro atoms. The molecule has 0 amide bonds. The molecule has 2 heterocycles. The van der Waals surface area contributed by atoms with Gasteiger partial charge < -0.3 is 10.3 Å². The first-order valence-corrected chi connectivity index (χ1v) is 6.10. The number of nitrogens with zero attached hydrogens (tertiary/aromatic N) is 1. The summed E-state index contributed by atoms with van der Waals surface area (Å²) in [6.07, 6.45) is 3.68. The molecule has 2 N–H and O–H groups in total. The number of pyridine rings is 1. The summed E-state index contributed by atoms with van der Waals surface area (Å²) in [7, 11) is 0. The van der Waals surface area contributed by atoms with Gasteiger partial charge in [0.15, 0.2) is 0 Å². The number of anilines is 1. The zero-order valence-electron chi connectivity index (χ0n) is 9.65. The van der Waals surface area contributed by atoms with Crippen LogP contribution in [-0.2, 0) is 6.54 Å². The van der Waals surface area contributed by atoms with Crippen molar-refractivity contribution < 1.29 is 0 Å². The van der Waals surface area contributed by atoms with Crippen LogP contribution in [-0.4, -0.2) is 9.97 Å². The predicted molar refractivity (Wildman–Crippen MR) is 74.9 cm³/mol. The summed E-state index contributed by atoms with van der Waals surface area (Å²) in [5.41, 5.74) is 3.36. The van der Waals surface area contributed by atoms with Gasteiger partial charge in [-0.25, -0.2) is 4.98 Å². The molecule has 0 saturated heterocycles. The first-order chi connectivity index (χ1) is 8.81. The molecule has 90 valence electrons. The summed E-state index contributed by atoms with van der Waals surface area (Å²) in [6, 6.07) is 12.1. The summed E-state index contributed by atoms with van der Waals surface area (Å²) in [5.74, 6) is 0. The van der Waals surface area contributed by atoms with Crippen molar-refractivity contribution in [3.8, 4) is 0 Å². The van der Waals surface area contributed by atoms with E-state index < -0.39 is 0 Å². The lowest BCUT2D eigenvalue weighted by Crippen LogP contribution is -1.99. The molecule has 0 aliphatic carbocycles. The smallest absolute Gasteiger partial charge is 0.129 e. The van der Waals surface area contributed by atoms with Crippen molar-refractivity contribution in [1.82, 2.24) is 9.97 Å². The molecule has 0 unspecified atom stereocenters. The standard InChI is InChI=1S/C14H12ClN3/c15-14-4-2-12(9-18-14)17-8-10-1-3-13-11(7-10)5-6-16-13/h1-7,9,16-17H,8H2. The molecule has 0 radical (unpaired) electrons. The van der Waals surface area contributed by atoms with Crippen molar-refractivity contribution in [2.24, 2.45) is 0 Å². The Balaban J connectivity index is 1.74. The molecular formula is C14H12ClN3. The zero-order chi connectivity index (χ0) is 12.4. The number of fused-ring (bicyclic) bond motifs is 1. The summed E-state index contributed by atoms with van der Waals surface area (Å²) in [5, 5.41) is 5.05. The lowest BCUT2D eigenvalue weighted by atomic mass is 10.1. The highest BCUT2D eigenvalue weighted by molar-refractivity contribution is 6.29. The molecule has 1 aromatic carbocycles. The number of hydrogen-bond donors (Lipinski definition) is 2. The normalized spacial score (nSPS) is 10.7. The molecule has 4 heteroatoms. The van der Waals surface area contributed by atoms with Gasteiger partial charge in [-0.3, -0.25) is 0 Å². The molecular weight excluding hydrogens is 246 g/mol. The van der Waals surface area contributed by atoms with Crippen LogP contribution in [0.25, 0.3) is 10.9 Å². The van der Waals surface area contributed by atoms with Crippen LogP contribution < -0.4 is 5.32 Å². The van der Waals surface area contributed by atoms with Gasteiger partial charge in [-0.1, -0.05) is 17.7 Å². The largest absolute Gasteiger partial charge is 0.380 e. The van der Waals surface area contributed by atoms with E-state index in [1.807, 2.05) is 12.3 Å². The van der Waals surface area contributed by atoms with Crippen LogP contribution in [0.2, 0.25) is 5.15 Å². The van der Waals surface area contributed by atoms with E-state index in [1.165, 1.54) is 10.9 Å². The second-order valence-electron chi connectivity index (χ2n) is 4.12. The molecule has 0 bridgehead atoms. The Kier molecular flexibility index (Phi) is 2.90. The lowest BCUT2D eigenvalue weighted by molar-refractivity contribution is 1.14. The van der Waals surface area contributed by atoms with Gasteiger partial charge in [-0.2, -0.15) is 0 Å². The Morgan fingerprint density at radius 1 is 1.17 bits per heavy atom. The van der Waals surface area contributed by atoms with Gasteiger partial charge in [0.05, 0.1) is 11.9 Å². The number of H-pyrrole nitrogens is 1. The van der Waals surface area contributed by atoms with E-state index in [4.69, 9.17) is 11.6 Å². The van der Waals surface area contributed by atoms with E-state index in [1.54, 1.807) is 12.3 Å². The molecule has 0 saturated carbocycles. The number of halogens is 1. The second kappa shape index (κ2) is 4.70. The molecule has 2 aromatic heterocycles. The third-order valence-electron chi connectivity index (χ3n) is 2.84. The van der Waals surface area contributed by atoms with Crippen molar-refractivity contribution in [2.75, 3.05) is 5.32 Å². The zero-order valence-corrected chi connectivity index (χ0v) is 10.4. The van der Waals surface area contributed by atoms with Crippen LogP contribution in [0.4, 0.5) is 5.69 Å². The maximum absolute atomic E-state index is 5.74. The van der Waals surface area contributed by atoms with E-state index in [0.717, 1.165) is 17.7 Å². The van der Waals surface area contributed by atoms with Gasteiger partial charge >= 0.3 is 0 Å². The van der Waals surface area contributed by atoms with Gasteiger partial charge in [-0.15, -0.1) is 0 Å². The highest BCUT2D eigenvalue weighted by Crippen LogP contribution is 2.16. The van der Waals surface area contributed by atoms with Crippen molar-refractivity contribution in [3.05, 3.63) is 59.5 Å². The fraction of sp³-hybridized carbons (Fsp3) is 0.0714. The Hall–Kier alpha value is -2.00. The minimum Gasteiger partial charge on any atom is -0.380 e. The molecule has 0 fully saturated rings. The van der Waals surface area contributed by atoms with Gasteiger partial charge in [0, 0.05) is 18.3 Å². The van der Waals surface area contributed by atoms with E-state index in [0.29, 0.717) is 5.15 Å². The maximum atomic E-state index is 5.74. The maximum Gasteiger partial charge on any atom is 0.129 e. The average Bonchev–Trinajstić information content (AvgIpc) is 2.85. The third-order valence-corrected chi connectivity index (χ3v) is 3.07.